The number of carbonyl (C=O) groups excluding carboxylic acids is 1. The van der Waals surface area contributed by atoms with Gasteiger partial charge in [-0.2, -0.15) is 5.26 Å². The molecule has 0 aliphatic heterocycles. The predicted molar refractivity (Wildman–Crippen MR) is 85.0 cm³/mol. The zero-order valence-corrected chi connectivity index (χ0v) is 14.3. The molecular formula is C14H15BrCl2N2O. The minimum atomic E-state index is -1.07. The summed E-state index contributed by atoms with van der Waals surface area (Å²) in [5.74, 6) is -0.437. The third-order valence-corrected chi connectivity index (χ3v) is 4.05. The van der Waals surface area contributed by atoms with Crippen LogP contribution in [0.1, 0.15) is 19.4 Å². The first-order chi connectivity index (χ1) is 9.25. The van der Waals surface area contributed by atoms with Gasteiger partial charge in [0.05, 0.1) is 6.07 Å². The molecule has 1 amide bonds. The normalized spacial score (nSPS) is 14.2. The Kier molecular flexibility index (Phi) is 6.32. The van der Waals surface area contributed by atoms with Gasteiger partial charge in [-0.05, 0) is 38.0 Å². The Bertz CT molecular complexity index is 528. The Morgan fingerprint density at radius 2 is 2.15 bits per heavy atom. The van der Waals surface area contributed by atoms with Gasteiger partial charge in [0.15, 0.2) is 0 Å². The van der Waals surface area contributed by atoms with Crippen LogP contribution in [0, 0.1) is 11.3 Å². The van der Waals surface area contributed by atoms with Gasteiger partial charge >= 0.3 is 0 Å². The van der Waals surface area contributed by atoms with Crippen molar-refractivity contribution in [2.24, 2.45) is 0 Å². The molecule has 0 aliphatic rings. The van der Waals surface area contributed by atoms with Gasteiger partial charge in [-0.15, -0.1) is 23.2 Å². The van der Waals surface area contributed by atoms with Gasteiger partial charge in [0.25, 0.3) is 0 Å². The summed E-state index contributed by atoms with van der Waals surface area (Å²) in [6.07, 6.45) is 0.640. The highest BCUT2D eigenvalue weighted by Gasteiger charge is 2.29. The molecule has 6 heteroatoms. The lowest BCUT2D eigenvalue weighted by atomic mass is 9.94. The minimum absolute atomic E-state index is 0.437. The molecule has 2 atom stereocenters. The van der Waals surface area contributed by atoms with E-state index in [-0.39, 0.29) is 0 Å². The van der Waals surface area contributed by atoms with E-state index in [2.05, 4.69) is 21.2 Å². The number of nitriles is 1. The third-order valence-electron chi connectivity index (χ3n) is 2.63. The summed E-state index contributed by atoms with van der Waals surface area (Å²) in [5.41, 5.74) is 0.593. The Hall–Kier alpha value is -0.760. The second-order valence-corrected chi connectivity index (χ2v) is 6.97. The fourth-order valence-electron chi connectivity index (χ4n) is 1.80. The van der Waals surface area contributed by atoms with Crippen molar-refractivity contribution in [3.8, 4) is 6.07 Å². The highest BCUT2D eigenvalue weighted by atomic mass is 79.9. The number of amides is 1. The molecule has 1 rings (SSSR count). The molecule has 0 saturated heterocycles. The van der Waals surface area contributed by atoms with Crippen LogP contribution in [-0.4, -0.2) is 22.2 Å². The molecule has 0 heterocycles. The Morgan fingerprint density at radius 3 is 2.70 bits per heavy atom. The summed E-state index contributed by atoms with van der Waals surface area (Å²) in [7, 11) is 0. The summed E-state index contributed by atoms with van der Waals surface area (Å²) in [5, 5.41) is 9.37. The molecule has 0 fully saturated rings. The number of halogens is 3. The van der Waals surface area contributed by atoms with E-state index >= 15 is 0 Å². The smallest absolute Gasteiger partial charge is 0.241 e. The maximum Gasteiger partial charge on any atom is 0.241 e. The van der Waals surface area contributed by atoms with Gasteiger partial charge in [0, 0.05) is 10.0 Å². The number of hydrogen-bond donors (Lipinski definition) is 1. The molecule has 0 radical (unpaired) electrons. The van der Waals surface area contributed by atoms with E-state index in [9.17, 15) is 4.79 Å². The average Bonchev–Trinajstić information content (AvgIpc) is 2.35. The van der Waals surface area contributed by atoms with Crippen molar-refractivity contribution >= 4 is 45.0 Å². The second-order valence-electron chi connectivity index (χ2n) is 5.11. The number of hydrogen-bond acceptors (Lipinski definition) is 2. The van der Waals surface area contributed by atoms with Crippen LogP contribution in [0.25, 0.3) is 0 Å². The predicted octanol–water partition coefficient (Wildman–Crippen LogP) is 3.62. The summed E-state index contributed by atoms with van der Waals surface area (Å²) in [6, 6.07) is 9.61. The molecule has 0 bridgehead atoms. The molecule has 108 valence electrons. The van der Waals surface area contributed by atoms with Gasteiger partial charge < -0.3 is 5.32 Å². The van der Waals surface area contributed by atoms with Gasteiger partial charge in [-0.3, -0.25) is 4.79 Å². The van der Waals surface area contributed by atoms with Gasteiger partial charge in [0.1, 0.15) is 10.8 Å². The number of rotatable bonds is 5. The monoisotopic (exact) mass is 376 g/mol. The Morgan fingerprint density at radius 1 is 1.50 bits per heavy atom. The topological polar surface area (TPSA) is 52.9 Å². The van der Waals surface area contributed by atoms with Crippen molar-refractivity contribution in [2.45, 2.75) is 36.6 Å². The highest BCUT2D eigenvalue weighted by molar-refractivity contribution is 9.10. The van der Waals surface area contributed by atoms with E-state index in [1.165, 1.54) is 0 Å². The number of alkyl halides is 2. The summed E-state index contributed by atoms with van der Waals surface area (Å²) in [4.78, 5) is 11.9. The summed E-state index contributed by atoms with van der Waals surface area (Å²) < 4.78 is 0.984. The zero-order valence-electron chi connectivity index (χ0n) is 11.2. The van der Waals surface area contributed by atoms with E-state index in [0.717, 1.165) is 10.0 Å². The quantitative estimate of drug-likeness (QED) is 0.796. The van der Waals surface area contributed by atoms with Crippen LogP contribution in [0.5, 0.6) is 0 Å². The van der Waals surface area contributed by atoms with Crippen LogP contribution in [-0.2, 0) is 11.2 Å². The highest BCUT2D eigenvalue weighted by Crippen LogP contribution is 2.18. The first-order valence-electron chi connectivity index (χ1n) is 5.99. The number of nitrogens with one attached hydrogen (secondary N) is 1. The Balaban J connectivity index is 2.70. The van der Waals surface area contributed by atoms with Crippen LogP contribution in [0.4, 0.5) is 0 Å². The number of benzene rings is 1. The Labute approximate surface area is 137 Å². The molecule has 0 spiro atoms. The number of nitrogens with zero attached hydrogens (tertiary/aromatic N) is 1. The maximum atomic E-state index is 11.9. The van der Waals surface area contributed by atoms with E-state index in [0.29, 0.717) is 6.42 Å². The standard InChI is InChI=1S/C14H15BrCl2N2O/c1-14(2,7-9-4-3-5-10(15)6-9)19-13(20)12(17)11(16)8-18/h3-6,11-12H,7H2,1-2H3,(H,19,20). The van der Waals surface area contributed by atoms with Crippen molar-refractivity contribution in [3.05, 3.63) is 34.3 Å². The first kappa shape index (κ1) is 17.3. The molecule has 1 N–H and O–H groups in total. The lowest BCUT2D eigenvalue weighted by molar-refractivity contribution is -0.122. The molecule has 1 aromatic carbocycles. The van der Waals surface area contributed by atoms with Gasteiger partial charge in [-0.1, -0.05) is 28.1 Å². The lowest BCUT2D eigenvalue weighted by Gasteiger charge is -2.28. The zero-order chi connectivity index (χ0) is 15.3. The van der Waals surface area contributed by atoms with Crippen LogP contribution in [0.3, 0.4) is 0 Å². The van der Waals surface area contributed by atoms with Crippen LogP contribution in [0.2, 0.25) is 0 Å². The van der Waals surface area contributed by atoms with E-state index in [1.54, 1.807) is 6.07 Å². The molecule has 20 heavy (non-hydrogen) atoms. The molecule has 3 nitrogen and oxygen atoms in total. The van der Waals surface area contributed by atoms with E-state index < -0.39 is 22.2 Å². The summed E-state index contributed by atoms with van der Waals surface area (Å²) >= 11 is 14.9. The summed E-state index contributed by atoms with van der Waals surface area (Å²) in [6.45, 7) is 3.79. The van der Waals surface area contributed by atoms with Gasteiger partial charge in [-0.25, -0.2) is 0 Å². The SMILES string of the molecule is CC(C)(Cc1cccc(Br)c1)NC(=O)C(Cl)C(Cl)C#N. The van der Waals surface area contributed by atoms with Crippen LogP contribution in [0.15, 0.2) is 28.7 Å². The maximum absolute atomic E-state index is 11.9. The largest absolute Gasteiger partial charge is 0.350 e. The number of carbonyl (C=O) groups is 1. The van der Waals surface area contributed by atoms with Crippen molar-refractivity contribution in [3.63, 3.8) is 0 Å². The molecule has 0 aromatic heterocycles. The first-order valence-corrected chi connectivity index (χ1v) is 7.66. The van der Waals surface area contributed by atoms with Gasteiger partial charge in [0.2, 0.25) is 5.91 Å². The molecule has 0 saturated carbocycles. The van der Waals surface area contributed by atoms with Crippen molar-refractivity contribution in [2.75, 3.05) is 0 Å². The fourth-order valence-corrected chi connectivity index (χ4v) is 2.47. The molecule has 2 unspecified atom stereocenters. The van der Waals surface area contributed by atoms with Crippen LogP contribution >= 0.6 is 39.1 Å². The van der Waals surface area contributed by atoms with Crippen molar-refractivity contribution < 1.29 is 4.79 Å². The molecular weight excluding hydrogens is 363 g/mol. The van der Waals surface area contributed by atoms with E-state index in [4.69, 9.17) is 28.5 Å². The van der Waals surface area contributed by atoms with Crippen LogP contribution < -0.4 is 5.32 Å². The fraction of sp³-hybridized carbons (Fsp3) is 0.429. The average molecular weight is 378 g/mol. The second kappa shape index (κ2) is 7.31. The van der Waals surface area contributed by atoms with E-state index in [1.807, 2.05) is 38.1 Å². The lowest BCUT2D eigenvalue weighted by Crippen LogP contribution is -2.49. The third kappa shape index (κ3) is 5.32. The van der Waals surface area contributed by atoms with Crippen molar-refractivity contribution in [1.29, 1.82) is 5.26 Å². The minimum Gasteiger partial charge on any atom is -0.350 e. The molecule has 0 aliphatic carbocycles. The van der Waals surface area contributed by atoms with Crippen molar-refractivity contribution in [1.82, 2.24) is 5.32 Å². The molecule has 1 aromatic rings.